The van der Waals surface area contributed by atoms with Crippen LogP contribution in [0.3, 0.4) is 0 Å². The van der Waals surface area contributed by atoms with Gasteiger partial charge >= 0.3 is 0 Å². The third kappa shape index (κ3) is 4.25. The molecule has 4 N–H and O–H groups in total. The van der Waals surface area contributed by atoms with E-state index in [1.54, 1.807) is 0 Å². The first-order valence-electron chi connectivity index (χ1n) is 10.7. The molecule has 0 amide bonds. The number of aliphatic hydroxyl groups is 1. The third-order valence-corrected chi connectivity index (χ3v) is 6.79. The molecule has 2 aliphatic heterocycles. The van der Waals surface area contributed by atoms with E-state index < -0.39 is 17.9 Å². The fourth-order valence-corrected chi connectivity index (χ4v) is 4.95. The maximum atomic E-state index is 14.4. The molecule has 4 rings (SSSR count). The number of nitrogens with two attached hydrogens (primary N) is 1. The molecule has 2 fully saturated rings. The van der Waals surface area contributed by atoms with Crippen LogP contribution in [0.25, 0.3) is 5.57 Å². The van der Waals surface area contributed by atoms with Crippen molar-refractivity contribution in [1.29, 1.82) is 0 Å². The molecule has 3 aliphatic rings. The van der Waals surface area contributed by atoms with Gasteiger partial charge in [0.2, 0.25) is 0 Å². The van der Waals surface area contributed by atoms with Crippen LogP contribution >= 0.6 is 0 Å². The Balaban J connectivity index is 1.47. The summed E-state index contributed by atoms with van der Waals surface area (Å²) in [5.41, 5.74) is 7.72. The number of allylic oxidation sites excluding steroid dienone is 2. The van der Waals surface area contributed by atoms with E-state index in [1.807, 2.05) is 12.3 Å². The molecule has 2 heterocycles. The van der Waals surface area contributed by atoms with Crippen LogP contribution in [0.2, 0.25) is 0 Å². The number of hydrogen-bond donors (Lipinski definition) is 3. The van der Waals surface area contributed by atoms with Crippen molar-refractivity contribution >= 4 is 5.57 Å². The molecule has 0 bridgehead atoms. The zero-order valence-electron chi connectivity index (χ0n) is 17.0. The Hall–Kier alpha value is -1.76. The van der Waals surface area contributed by atoms with E-state index in [2.05, 4.69) is 17.1 Å². The van der Waals surface area contributed by atoms with E-state index >= 15 is 0 Å². The van der Waals surface area contributed by atoms with E-state index in [0.29, 0.717) is 18.0 Å². The summed E-state index contributed by atoms with van der Waals surface area (Å²) in [7, 11) is 0. The smallest absolute Gasteiger partial charge is 0.133 e. The Morgan fingerprint density at radius 1 is 1.21 bits per heavy atom. The molecule has 1 saturated heterocycles. The average molecular weight is 404 g/mol. The normalized spacial score (nSPS) is 29.9. The van der Waals surface area contributed by atoms with Gasteiger partial charge in [0, 0.05) is 31.9 Å². The van der Waals surface area contributed by atoms with E-state index in [9.17, 15) is 13.9 Å². The van der Waals surface area contributed by atoms with Crippen molar-refractivity contribution in [2.45, 2.75) is 44.9 Å². The highest BCUT2D eigenvalue weighted by Gasteiger charge is 2.47. The highest BCUT2D eigenvalue weighted by atomic mass is 19.1. The molecule has 0 spiro atoms. The number of rotatable bonds is 5. The summed E-state index contributed by atoms with van der Waals surface area (Å²) in [6.07, 6.45) is 7.10. The third-order valence-electron chi connectivity index (χ3n) is 6.79. The SMILES string of the molecule is CC(C1CC1C1=CNCC=C1c1c(F)cccc1F)C(O)N1CCCC(N)CC1. The molecule has 5 atom stereocenters. The van der Waals surface area contributed by atoms with Gasteiger partial charge in [-0.15, -0.1) is 0 Å². The Kier molecular flexibility index (Phi) is 6.04. The molecule has 1 aromatic carbocycles. The van der Waals surface area contributed by atoms with E-state index in [4.69, 9.17) is 5.73 Å². The molecule has 158 valence electrons. The van der Waals surface area contributed by atoms with E-state index in [-0.39, 0.29) is 23.4 Å². The molecule has 4 nitrogen and oxygen atoms in total. The monoisotopic (exact) mass is 403 g/mol. The van der Waals surface area contributed by atoms with Crippen LogP contribution in [-0.2, 0) is 0 Å². The lowest BCUT2D eigenvalue weighted by molar-refractivity contribution is -0.0405. The van der Waals surface area contributed by atoms with Crippen molar-refractivity contribution in [3.63, 3.8) is 0 Å². The lowest BCUT2D eigenvalue weighted by Crippen LogP contribution is -2.41. The number of dihydropyridines is 1. The summed E-state index contributed by atoms with van der Waals surface area (Å²) in [6.45, 7) is 4.33. The van der Waals surface area contributed by atoms with Gasteiger partial charge < -0.3 is 16.2 Å². The van der Waals surface area contributed by atoms with Gasteiger partial charge in [0.15, 0.2) is 0 Å². The summed E-state index contributed by atoms with van der Waals surface area (Å²) >= 11 is 0. The molecular weight excluding hydrogens is 372 g/mol. The van der Waals surface area contributed by atoms with E-state index in [1.165, 1.54) is 18.2 Å². The zero-order valence-corrected chi connectivity index (χ0v) is 17.0. The predicted octanol–water partition coefficient (Wildman–Crippen LogP) is 3.24. The fourth-order valence-electron chi connectivity index (χ4n) is 4.95. The Bertz CT molecular complexity index is 789. The molecule has 5 unspecified atom stereocenters. The van der Waals surface area contributed by atoms with Crippen LogP contribution < -0.4 is 11.1 Å². The van der Waals surface area contributed by atoms with Gasteiger partial charge in [-0.2, -0.15) is 0 Å². The molecule has 1 aliphatic carbocycles. The second-order valence-corrected chi connectivity index (χ2v) is 8.73. The molecule has 1 saturated carbocycles. The molecular formula is C23H31F2N3O. The minimum atomic E-state index is -0.532. The van der Waals surface area contributed by atoms with Gasteiger partial charge in [-0.05, 0) is 66.7 Å². The number of hydrogen-bond acceptors (Lipinski definition) is 4. The zero-order chi connectivity index (χ0) is 20.5. The van der Waals surface area contributed by atoms with E-state index in [0.717, 1.165) is 44.3 Å². The van der Waals surface area contributed by atoms with Gasteiger partial charge in [0.05, 0.1) is 5.56 Å². The second-order valence-electron chi connectivity index (χ2n) is 8.73. The highest BCUT2D eigenvalue weighted by molar-refractivity contribution is 5.81. The number of benzene rings is 1. The fraction of sp³-hybridized carbons (Fsp3) is 0.565. The molecule has 6 heteroatoms. The summed E-state index contributed by atoms with van der Waals surface area (Å²) in [4.78, 5) is 2.15. The number of halogens is 2. The van der Waals surface area contributed by atoms with Gasteiger partial charge in [-0.25, -0.2) is 8.78 Å². The maximum absolute atomic E-state index is 14.4. The van der Waals surface area contributed by atoms with Crippen molar-refractivity contribution in [2.75, 3.05) is 19.6 Å². The van der Waals surface area contributed by atoms with Crippen LogP contribution in [0.1, 0.15) is 38.2 Å². The predicted molar refractivity (Wildman–Crippen MR) is 111 cm³/mol. The molecule has 1 aromatic rings. The van der Waals surface area contributed by atoms with Crippen LogP contribution in [-0.4, -0.2) is 41.9 Å². The van der Waals surface area contributed by atoms with Gasteiger partial charge in [-0.3, -0.25) is 4.90 Å². The minimum absolute atomic E-state index is 0.0561. The second kappa shape index (κ2) is 8.54. The van der Waals surface area contributed by atoms with Crippen LogP contribution in [0.5, 0.6) is 0 Å². The molecule has 0 aromatic heterocycles. The largest absolute Gasteiger partial charge is 0.387 e. The first kappa shape index (κ1) is 20.5. The lowest BCUT2D eigenvalue weighted by Gasteiger charge is -2.31. The van der Waals surface area contributed by atoms with Crippen LogP contribution in [0.4, 0.5) is 8.78 Å². The average Bonchev–Trinajstić information content (AvgIpc) is 3.52. The number of aliphatic hydroxyl groups excluding tert-OH is 1. The van der Waals surface area contributed by atoms with Crippen LogP contribution in [0, 0.1) is 29.4 Å². The van der Waals surface area contributed by atoms with Crippen molar-refractivity contribution in [2.24, 2.45) is 23.5 Å². The quantitative estimate of drug-likeness (QED) is 0.706. The summed E-state index contributed by atoms with van der Waals surface area (Å²) in [6, 6.07) is 4.22. The molecule has 0 radical (unpaired) electrons. The lowest BCUT2D eigenvalue weighted by atomic mass is 9.89. The summed E-state index contributed by atoms with van der Waals surface area (Å²) in [5, 5.41) is 14.2. The molecule has 29 heavy (non-hydrogen) atoms. The van der Waals surface area contributed by atoms with Gasteiger partial charge in [-0.1, -0.05) is 19.1 Å². The Morgan fingerprint density at radius 2 is 1.97 bits per heavy atom. The van der Waals surface area contributed by atoms with Crippen LogP contribution in [0.15, 0.2) is 36.0 Å². The summed E-state index contributed by atoms with van der Waals surface area (Å²) in [5.74, 6) is -0.479. The summed E-state index contributed by atoms with van der Waals surface area (Å²) < 4.78 is 28.8. The highest BCUT2D eigenvalue weighted by Crippen LogP contribution is 2.54. The minimum Gasteiger partial charge on any atom is -0.387 e. The van der Waals surface area contributed by atoms with Crippen molar-refractivity contribution in [3.05, 3.63) is 53.2 Å². The van der Waals surface area contributed by atoms with Crippen molar-refractivity contribution in [3.8, 4) is 0 Å². The van der Waals surface area contributed by atoms with Gasteiger partial charge in [0.25, 0.3) is 0 Å². The number of nitrogens with one attached hydrogen (secondary N) is 1. The standard InChI is InChI=1S/C23H31F2N3O/c1-14(23(29)28-10-3-4-15(26)8-11-28)17-12-18(17)19-13-27-9-7-16(19)22-20(24)5-2-6-21(22)25/h2,5-7,13-15,17-18,23,27,29H,3-4,8-12,26H2,1H3. The van der Waals surface area contributed by atoms with Crippen molar-refractivity contribution in [1.82, 2.24) is 10.2 Å². The Morgan fingerprint density at radius 3 is 2.72 bits per heavy atom. The number of likely N-dealkylation sites (tertiary alicyclic amines) is 1. The topological polar surface area (TPSA) is 61.5 Å². The van der Waals surface area contributed by atoms with Crippen molar-refractivity contribution < 1.29 is 13.9 Å². The Labute approximate surface area is 171 Å². The number of nitrogens with zero attached hydrogens (tertiary/aromatic N) is 1. The first-order chi connectivity index (χ1) is 14.0. The first-order valence-corrected chi connectivity index (χ1v) is 10.7. The van der Waals surface area contributed by atoms with Gasteiger partial charge in [0.1, 0.15) is 17.9 Å². The maximum Gasteiger partial charge on any atom is 0.133 e.